The lowest BCUT2D eigenvalue weighted by molar-refractivity contribution is 1.29. The van der Waals surface area contributed by atoms with Crippen molar-refractivity contribution in [3.05, 3.63) is 59.7 Å². The van der Waals surface area contributed by atoms with Gasteiger partial charge in [-0.2, -0.15) is 0 Å². The summed E-state index contributed by atoms with van der Waals surface area (Å²) in [5.41, 5.74) is 2.78. The fourth-order valence-corrected chi connectivity index (χ4v) is 4.13. The number of aryl methyl sites for hydroxylation is 1. The van der Waals surface area contributed by atoms with Crippen molar-refractivity contribution in [3.63, 3.8) is 0 Å². The number of hydrogen-bond acceptors (Lipinski definition) is 1. The molecule has 2 aromatic rings. The van der Waals surface area contributed by atoms with Crippen LogP contribution in [0.25, 0.3) is 0 Å². The van der Waals surface area contributed by atoms with Crippen LogP contribution < -0.4 is 5.19 Å². The van der Waals surface area contributed by atoms with Crippen LogP contribution in [0.1, 0.15) is 11.1 Å². The Morgan fingerprint density at radius 3 is 2.11 bits per heavy atom. The van der Waals surface area contributed by atoms with Crippen molar-refractivity contribution >= 4 is 25.0 Å². The molecule has 0 fully saturated rings. The SMILES string of the molecule is Cc1ccccc1SCc1ccc([Si](C)(C)C)cc1. The van der Waals surface area contributed by atoms with E-state index in [0.717, 1.165) is 5.75 Å². The van der Waals surface area contributed by atoms with E-state index in [-0.39, 0.29) is 0 Å². The predicted octanol–water partition coefficient (Wildman–Crippen LogP) is 4.83. The van der Waals surface area contributed by atoms with Crippen LogP contribution >= 0.6 is 11.8 Å². The highest BCUT2D eigenvalue weighted by molar-refractivity contribution is 7.98. The Kier molecular flexibility index (Phi) is 4.53. The molecular weight excluding hydrogens is 264 g/mol. The topological polar surface area (TPSA) is 0 Å². The zero-order valence-corrected chi connectivity index (χ0v) is 14.1. The van der Waals surface area contributed by atoms with Crippen LogP contribution in [0.3, 0.4) is 0 Å². The lowest BCUT2D eigenvalue weighted by Gasteiger charge is -2.16. The average Bonchev–Trinajstić information content (AvgIpc) is 2.37. The van der Waals surface area contributed by atoms with Crippen molar-refractivity contribution in [1.29, 1.82) is 0 Å². The monoisotopic (exact) mass is 286 g/mol. The van der Waals surface area contributed by atoms with E-state index in [1.807, 2.05) is 11.8 Å². The fraction of sp³-hybridized carbons (Fsp3) is 0.294. The zero-order chi connectivity index (χ0) is 13.9. The first kappa shape index (κ1) is 14.4. The van der Waals surface area contributed by atoms with Crippen molar-refractivity contribution in [2.75, 3.05) is 0 Å². The summed E-state index contributed by atoms with van der Waals surface area (Å²) in [7, 11) is -1.16. The second-order valence-corrected chi connectivity index (χ2v) is 12.1. The summed E-state index contributed by atoms with van der Waals surface area (Å²) in [6.45, 7) is 9.36. The van der Waals surface area contributed by atoms with Gasteiger partial charge in [0.2, 0.25) is 0 Å². The average molecular weight is 287 g/mol. The van der Waals surface area contributed by atoms with Crippen LogP contribution in [-0.4, -0.2) is 8.07 Å². The Hall–Kier alpha value is -0.993. The highest BCUT2D eigenvalue weighted by atomic mass is 32.2. The first-order chi connectivity index (χ1) is 8.97. The van der Waals surface area contributed by atoms with Crippen LogP contribution in [0.15, 0.2) is 53.4 Å². The molecule has 100 valence electrons. The maximum absolute atomic E-state index is 2.39. The van der Waals surface area contributed by atoms with Gasteiger partial charge in [0.25, 0.3) is 0 Å². The van der Waals surface area contributed by atoms with Gasteiger partial charge in [0.15, 0.2) is 0 Å². The lowest BCUT2D eigenvalue weighted by atomic mass is 10.2. The standard InChI is InChI=1S/C17H22SSi/c1-14-7-5-6-8-17(14)18-13-15-9-11-16(12-10-15)19(2,3)4/h5-12H,13H2,1-4H3. The molecule has 0 saturated heterocycles. The molecule has 19 heavy (non-hydrogen) atoms. The zero-order valence-electron chi connectivity index (χ0n) is 12.2. The van der Waals surface area contributed by atoms with E-state index in [2.05, 4.69) is 75.1 Å². The number of thioether (sulfide) groups is 1. The molecule has 0 aliphatic heterocycles. The van der Waals surface area contributed by atoms with Gasteiger partial charge in [-0.3, -0.25) is 0 Å². The minimum absolute atomic E-state index is 1.05. The Labute approximate surface area is 122 Å². The van der Waals surface area contributed by atoms with Gasteiger partial charge in [-0.05, 0) is 24.1 Å². The second kappa shape index (κ2) is 5.97. The first-order valence-electron chi connectivity index (χ1n) is 6.75. The van der Waals surface area contributed by atoms with Crippen molar-refractivity contribution in [2.45, 2.75) is 37.2 Å². The largest absolute Gasteiger partial charge is 0.121 e. The maximum atomic E-state index is 2.39. The summed E-state index contributed by atoms with van der Waals surface area (Å²) in [6, 6.07) is 17.8. The van der Waals surface area contributed by atoms with E-state index in [1.54, 1.807) is 0 Å². The molecule has 0 aromatic heterocycles. The van der Waals surface area contributed by atoms with E-state index < -0.39 is 8.07 Å². The molecule has 2 rings (SSSR count). The van der Waals surface area contributed by atoms with Gasteiger partial charge in [0.1, 0.15) is 0 Å². The summed E-state index contributed by atoms with van der Waals surface area (Å²) < 4.78 is 0. The number of benzene rings is 2. The van der Waals surface area contributed by atoms with Crippen LogP contribution in [0, 0.1) is 6.92 Å². The van der Waals surface area contributed by atoms with Crippen LogP contribution in [0.5, 0.6) is 0 Å². The normalized spacial score (nSPS) is 11.6. The van der Waals surface area contributed by atoms with Gasteiger partial charge < -0.3 is 0 Å². The Morgan fingerprint density at radius 1 is 0.895 bits per heavy atom. The summed E-state index contributed by atoms with van der Waals surface area (Å²) in [5.74, 6) is 1.05. The van der Waals surface area contributed by atoms with Gasteiger partial charge in [-0.25, -0.2) is 0 Å². The Balaban J connectivity index is 2.03. The van der Waals surface area contributed by atoms with E-state index in [9.17, 15) is 0 Å². The molecule has 0 aliphatic carbocycles. The molecule has 2 aromatic carbocycles. The van der Waals surface area contributed by atoms with E-state index in [1.165, 1.54) is 21.2 Å². The molecule has 0 bridgehead atoms. The van der Waals surface area contributed by atoms with Gasteiger partial charge >= 0.3 is 0 Å². The highest BCUT2D eigenvalue weighted by Crippen LogP contribution is 2.25. The summed E-state index contributed by atoms with van der Waals surface area (Å²) in [6.07, 6.45) is 0. The third kappa shape index (κ3) is 3.98. The summed E-state index contributed by atoms with van der Waals surface area (Å²) in [5, 5.41) is 1.54. The molecule has 0 radical (unpaired) electrons. The molecular formula is C17H22SSi. The molecule has 0 unspecified atom stereocenters. The van der Waals surface area contributed by atoms with Crippen molar-refractivity contribution in [3.8, 4) is 0 Å². The van der Waals surface area contributed by atoms with Crippen LogP contribution in [0.2, 0.25) is 19.6 Å². The molecule has 0 nitrogen and oxygen atoms in total. The Morgan fingerprint density at radius 2 is 1.53 bits per heavy atom. The molecule has 0 spiro atoms. The van der Waals surface area contributed by atoms with Gasteiger partial charge in [-0.15, -0.1) is 11.8 Å². The molecule has 0 atom stereocenters. The van der Waals surface area contributed by atoms with Gasteiger partial charge in [0, 0.05) is 10.6 Å². The van der Waals surface area contributed by atoms with Crippen molar-refractivity contribution in [2.24, 2.45) is 0 Å². The van der Waals surface area contributed by atoms with Crippen LogP contribution in [0.4, 0.5) is 0 Å². The summed E-state index contributed by atoms with van der Waals surface area (Å²) in [4.78, 5) is 1.39. The fourth-order valence-electron chi connectivity index (χ4n) is 1.98. The highest BCUT2D eigenvalue weighted by Gasteiger charge is 2.15. The Bertz CT molecular complexity index is 538. The third-order valence-electron chi connectivity index (χ3n) is 3.31. The smallest absolute Gasteiger partial charge is 0.0775 e. The maximum Gasteiger partial charge on any atom is 0.0775 e. The predicted molar refractivity (Wildman–Crippen MR) is 90.2 cm³/mol. The van der Waals surface area contributed by atoms with E-state index >= 15 is 0 Å². The minimum atomic E-state index is -1.16. The van der Waals surface area contributed by atoms with Gasteiger partial charge in [0.05, 0.1) is 8.07 Å². The van der Waals surface area contributed by atoms with Crippen molar-refractivity contribution < 1.29 is 0 Å². The van der Waals surface area contributed by atoms with E-state index in [4.69, 9.17) is 0 Å². The molecule has 0 saturated carbocycles. The molecule has 0 heterocycles. The summed E-state index contributed by atoms with van der Waals surface area (Å²) >= 11 is 1.92. The van der Waals surface area contributed by atoms with Crippen molar-refractivity contribution in [1.82, 2.24) is 0 Å². The number of rotatable bonds is 4. The first-order valence-corrected chi connectivity index (χ1v) is 11.2. The minimum Gasteiger partial charge on any atom is -0.121 e. The second-order valence-electron chi connectivity index (χ2n) is 6.00. The molecule has 2 heteroatoms. The third-order valence-corrected chi connectivity index (χ3v) is 6.62. The van der Waals surface area contributed by atoms with E-state index in [0.29, 0.717) is 0 Å². The molecule has 0 amide bonds. The number of hydrogen-bond donors (Lipinski definition) is 0. The molecule has 0 N–H and O–H groups in total. The molecule has 0 aliphatic rings. The van der Waals surface area contributed by atoms with Gasteiger partial charge in [-0.1, -0.05) is 67.3 Å². The lowest BCUT2D eigenvalue weighted by Crippen LogP contribution is -2.37. The van der Waals surface area contributed by atoms with Crippen LogP contribution in [-0.2, 0) is 5.75 Å². The quantitative estimate of drug-likeness (QED) is 0.573.